The lowest BCUT2D eigenvalue weighted by Gasteiger charge is -2.14. The van der Waals surface area contributed by atoms with Gasteiger partial charge in [-0.05, 0) is 24.1 Å². The second-order valence-corrected chi connectivity index (χ2v) is 5.71. The summed E-state index contributed by atoms with van der Waals surface area (Å²) in [5.41, 5.74) is 3.45. The Morgan fingerprint density at radius 3 is 2.60 bits per heavy atom. The summed E-state index contributed by atoms with van der Waals surface area (Å²) in [6.45, 7) is 4.62. The van der Waals surface area contributed by atoms with Crippen LogP contribution in [0.3, 0.4) is 0 Å². The minimum atomic E-state index is 0.615. The number of hydrogen-bond acceptors (Lipinski definition) is 3. The van der Waals surface area contributed by atoms with Gasteiger partial charge < -0.3 is 20.1 Å². The van der Waals surface area contributed by atoms with Crippen molar-refractivity contribution in [1.29, 1.82) is 0 Å². The lowest BCUT2D eigenvalue weighted by Crippen LogP contribution is -2.38. The van der Waals surface area contributed by atoms with Crippen molar-refractivity contribution in [3.8, 4) is 5.75 Å². The SMILES string of the molecule is CN=C(NCCOCc1ccccc1)NCc1ccc(C)cc1OC. The summed E-state index contributed by atoms with van der Waals surface area (Å²) in [6, 6.07) is 16.3. The van der Waals surface area contributed by atoms with E-state index in [1.165, 1.54) is 11.1 Å². The molecule has 0 aliphatic heterocycles. The van der Waals surface area contributed by atoms with Crippen LogP contribution < -0.4 is 15.4 Å². The topological polar surface area (TPSA) is 54.9 Å². The number of methoxy groups -OCH3 is 1. The molecule has 5 heteroatoms. The van der Waals surface area contributed by atoms with E-state index in [0.717, 1.165) is 17.3 Å². The van der Waals surface area contributed by atoms with Gasteiger partial charge in [0.1, 0.15) is 5.75 Å². The van der Waals surface area contributed by atoms with Gasteiger partial charge >= 0.3 is 0 Å². The van der Waals surface area contributed by atoms with E-state index in [9.17, 15) is 0 Å². The molecule has 0 heterocycles. The van der Waals surface area contributed by atoms with Crippen molar-refractivity contribution in [2.75, 3.05) is 27.3 Å². The molecule has 0 spiro atoms. The highest BCUT2D eigenvalue weighted by atomic mass is 16.5. The molecule has 2 aromatic rings. The Hall–Kier alpha value is -2.53. The Morgan fingerprint density at radius 2 is 1.88 bits per heavy atom. The third-order valence-electron chi connectivity index (χ3n) is 3.76. The Balaban J connectivity index is 1.70. The maximum absolute atomic E-state index is 5.66. The first kappa shape index (κ1) is 18.8. The van der Waals surface area contributed by atoms with Gasteiger partial charge in [0.05, 0.1) is 20.3 Å². The molecule has 0 fully saturated rings. The van der Waals surface area contributed by atoms with Gasteiger partial charge in [-0.2, -0.15) is 0 Å². The number of nitrogens with zero attached hydrogens (tertiary/aromatic N) is 1. The minimum absolute atomic E-state index is 0.615. The molecule has 0 amide bonds. The van der Waals surface area contributed by atoms with Gasteiger partial charge in [0, 0.05) is 25.7 Å². The van der Waals surface area contributed by atoms with E-state index in [-0.39, 0.29) is 0 Å². The third-order valence-corrected chi connectivity index (χ3v) is 3.76. The van der Waals surface area contributed by atoms with E-state index in [4.69, 9.17) is 9.47 Å². The van der Waals surface area contributed by atoms with E-state index < -0.39 is 0 Å². The van der Waals surface area contributed by atoms with Gasteiger partial charge in [0.15, 0.2) is 5.96 Å². The van der Waals surface area contributed by atoms with Crippen LogP contribution >= 0.6 is 0 Å². The molecule has 2 aromatic carbocycles. The quantitative estimate of drug-likeness (QED) is 0.440. The highest BCUT2D eigenvalue weighted by Crippen LogP contribution is 2.19. The van der Waals surface area contributed by atoms with Crippen molar-refractivity contribution in [2.24, 2.45) is 4.99 Å². The number of nitrogens with one attached hydrogen (secondary N) is 2. The third kappa shape index (κ3) is 6.47. The van der Waals surface area contributed by atoms with E-state index in [1.807, 2.05) is 24.3 Å². The van der Waals surface area contributed by atoms with Gasteiger partial charge in [-0.3, -0.25) is 4.99 Å². The molecule has 0 aliphatic carbocycles. The molecule has 0 unspecified atom stereocenters. The molecule has 25 heavy (non-hydrogen) atoms. The fraction of sp³-hybridized carbons (Fsp3) is 0.350. The predicted octanol–water partition coefficient (Wildman–Crippen LogP) is 2.89. The summed E-state index contributed by atoms with van der Waals surface area (Å²) in [5.74, 6) is 1.63. The lowest BCUT2D eigenvalue weighted by atomic mass is 10.1. The Bertz CT molecular complexity index is 672. The zero-order chi connectivity index (χ0) is 17.9. The van der Waals surface area contributed by atoms with Crippen LogP contribution in [0.25, 0.3) is 0 Å². The van der Waals surface area contributed by atoms with Crippen LogP contribution in [0, 0.1) is 6.92 Å². The fourth-order valence-electron chi connectivity index (χ4n) is 2.40. The maximum atomic E-state index is 5.66. The van der Waals surface area contributed by atoms with Crippen LogP contribution in [-0.4, -0.2) is 33.3 Å². The first-order chi connectivity index (χ1) is 12.2. The van der Waals surface area contributed by atoms with E-state index in [2.05, 4.69) is 46.8 Å². The molecule has 0 aliphatic rings. The molecule has 0 saturated carbocycles. The largest absolute Gasteiger partial charge is 0.496 e. The number of benzene rings is 2. The molecule has 5 nitrogen and oxygen atoms in total. The second kappa shape index (κ2) is 10.4. The van der Waals surface area contributed by atoms with Crippen molar-refractivity contribution in [3.63, 3.8) is 0 Å². The lowest BCUT2D eigenvalue weighted by molar-refractivity contribution is 0.125. The number of ether oxygens (including phenoxy) is 2. The van der Waals surface area contributed by atoms with Crippen LogP contribution in [0.2, 0.25) is 0 Å². The average Bonchev–Trinajstić information content (AvgIpc) is 2.65. The zero-order valence-corrected chi connectivity index (χ0v) is 15.2. The molecule has 2 N–H and O–H groups in total. The van der Waals surface area contributed by atoms with Crippen molar-refractivity contribution < 1.29 is 9.47 Å². The highest BCUT2D eigenvalue weighted by Gasteiger charge is 2.04. The molecular formula is C20H27N3O2. The van der Waals surface area contributed by atoms with Gasteiger partial charge in [-0.1, -0.05) is 42.5 Å². The van der Waals surface area contributed by atoms with Gasteiger partial charge in [0.25, 0.3) is 0 Å². The summed E-state index contributed by atoms with van der Waals surface area (Å²) >= 11 is 0. The van der Waals surface area contributed by atoms with Crippen LogP contribution in [0.5, 0.6) is 5.75 Å². The summed E-state index contributed by atoms with van der Waals surface area (Å²) in [5, 5.41) is 6.54. The summed E-state index contributed by atoms with van der Waals surface area (Å²) in [6.07, 6.45) is 0. The summed E-state index contributed by atoms with van der Waals surface area (Å²) in [7, 11) is 3.45. The first-order valence-electron chi connectivity index (χ1n) is 8.42. The van der Waals surface area contributed by atoms with Crippen molar-refractivity contribution in [2.45, 2.75) is 20.1 Å². The first-order valence-corrected chi connectivity index (χ1v) is 8.42. The number of rotatable bonds is 8. The smallest absolute Gasteiger partial charge is 0.191 e. The van der Waals surface area contributed by atoms with E-state index in [0.29, 0.717) is 26.3 Å². The molecule has 2 rings (SSSR count). The predicted molar refractivity (Wildman–Crippen MR) is 102 cm³/mol. The van der Waals surface area contributed by atoms with Crippen molar-refractivity contribution >= 4 is 5.96 Å². The molecule has 0 bridgehead atoms. The van der Waals surface area contributed by atoms with Crippen molar-refractivity contribution in [3.05, 3.63) is 65.2 Å². The fourth-order valence-corrected chi connectivity index (χ4v) is 2.40. The Kier molecular flexibility index (Phi) is 7.79. The van der Waals surface area contributed by atoms with E-state index in [1.54, 1.807) is 14.2 Å². The summed E-state index contributed by atoms with van der Waals surface area (Å²) in [4.78, 5) is 4.23. The molecular weight excluding hydrogens is 314 g/mol. The molecule has 0 saturated heterocycles. The Morgan fingerprint density at radius 1 is 1.08 bits per heavy atom. The normalized spacial score (nSPS) is 11.2. The number of aryl methyl sites for hydroxylation is 1. The molecule has 134 valence electrons. The second-order valence-electron chi connectivity index (χ2n) is 5.71. The van der Waals surface area contributed by atoms with Crippen LogP contribution in [0.15, 0.2) is 53.5 Å². The van der Waals surface area contributed by atoms with Crippen molar-refractivity contribution in [1.82, 2.24) is 10.6 Å². The molecule has 0 aromatic heterocycles. The highest BCUT2D eigenvalue weighted by molar-refractivity contribution is 5.79. The van der Waals surface area contributed by atoms with Gasteiger partial charge in [-0.15, -0.1) is 0 Å². The molecule has 0 atom stereocenters. The van der Waals surface area contributed by atoms with Crippen LogP contribution in [-0.2, 0) is 17.9 Å². The Labute approximate surface area is 150 Å². The number of aliphatic imine (C=N–C) groups is 1. The monoisotopic (exact) mass is 341 g/mol. The van der Waals surface area contributed by atoms with Crippen LogP contribution in [0.1, 0.15) is 16.7 Å². The van der Waals surface area contributed by atoms with Crippen LogP contribution in [0.4, 0.5) is 0 Å². The maximum Gasteiger partial charge on any atom is 0.191 e. The van der Waals surface area contributed by atoms with E-state index >= 15 is 0 Å². The van der Waals surface area contributed by atoms with Gasteiger partial charge in [0.2, 0.25) is 0 Å². The molecule has 0 radical (unpaired) electrons. The minimum Gasteiger partial charge on any atom is -0.496 e. The average molecular weight is 341 g/mol. The summed E-state index contributed by atoms with van der Waals surface area (Å²) < 4.78 is 11.1. The number of hydrogen-bond donors (Lipinski definition) is 2. The standard InChI is InChI=1S/C20H27N3O2/c1-16-9-10-18(19(13-16)24-3)14-23-20(21-2)22-11-12-25-15-17-7-5-4-6-8-17/h4-10,13H,11-12,14-15H2,1-3H3,(H2,21,22,23). The number of guanidine groups is 1. The van der Waals surface area contributed by atoms with Gasteiger partial charge in [-0.25, -0.2) is 0 Å². The zero-order valence-electron chi connectivity index (χ0n) is 15.2.